The normalized spacial score (nSPS) is 19.5. The number of fused-ring (bicyclic) bond motifs is 2. The number of thiazole rings is 1. The molecule has 14 nitrogen and oxygen atoms in total. The van der Waals surface area contributed by atoms with Crippen LogP contribution in [0, 0.1) is 0 Å². The average molecular weight is 600 g/mol. The maximum Gasteiger partial charge on any atom is 0.347 e. The van der Waals surface area contributed by atoms with Gasteiger partial charge in [-0.15, -0.1) is 23.1 Å². The van der Waals surface area contributed by atoms with Crippen LogP contribution in [-0.4, -0.2) is 72.1 Å². The van der Waals surface area contributed by atoms with Crippen molar-refractivity contribution in [3.63, 3.8) is 0 Å². The predicted molar refractivity (Wildman–Crippen MR) is 145 cm³/mol. The van der Waals surface area contributed by atoms with Crippen LogP contribution in [0.15, 0.2) is 58.6 Å². The van der Waals surface area contributed by atoms with Gasteiger partial charge in [0.05, 0.1) is 17.9 Å². The molecule has 41 heavy (non-hydrogen) atoms. The fraction of sp³-hybridized carbons (Fsp3) is 0.320. The first-order valence-electron chi connectivity index (χ1n) is 12.5. The van der Waals surface area contributed by atoms with Crippen LogP contribution >= 0.6 is 23.1 Å². The van der Waals surface area contributed by atoms with Gasteiger partial charge in [-0.3, -0.25) is 14.5 Å². The molecule has 0 radical (unpaired) electrons. The Morgan fingerprint density at radius 1 is 1.37 bits per heavy atom. The van der Waals surface area contributed by atoms with E-state index in [9.17, 15) is 29.4 Å². The third kappa shape index (κ3) is 5.47. The summed E-state index contributed by atoms with van der Waals surface area (Å²) in [4.78, 5) is 60.4. The smallest absolute Gasteiger partial charge is 0.347 e. The molecule has 1 fully saturated rings. The number of anilines is 1. The number of nitrogens with one attached hydrogen (secondary N) is 1. The maximum atomic E-state index is 13.3. The summed E-state index contributed by atoms with van der Waals surface area (Å²) in [5.74, 6) is -3.94. The van der Waals surface area contributed by atoms with Crippen LogP contribution in [0.1, 0.15) is 25.5 Å². The molecule has 0 bridgehead atoms. The number of nitrogens with zero attached hydrogens (tertiary/aromatic N) is 5. The zero-order valence-electron chi connectivity index (χ0n) is 21.6. The number of imidazole rings is 1. The number of amides is 2. The fourth-order valence-electron chi connectivity index (χ4n) is 4.59. The van der Waals surface area contributed by atoms with Crippen molar-refractivity contribution in [3.8, 4) is 0 Å². The molecular formula is C25H25N7O7S2. The Morgan fingerprint density at radius 3 is 2.85 bits per heavy atom. The molecule has 16 heteroatoms. The summed E-state index contributed by atoms with van der Waals surface area (Å²) in [5.41, 5.74) is 6.50. The van der Waals surface area contributed by atoms with Crippen molar-refractivity contribution in [3.05, 3.63) is 59.1 Å². The number of carboxylic acid groups (broad SMARTS) is 2. The molecule has 2 amide bonds. The lowest BCUT2D eigenvalue weighted by Gasteiger charge is -2.50. The second kappa shape index (κ2) is 11.6. The highest BCUT2D eigenvalue weighted by Crippen LogP contribution is 2.40. The minimum atomic E-state index is -1.49. The van der Waals surface area contributed by atoms with Gasteiger partial charge in [0.25, 0.3) is 17.5 Å². The first kappa shape index (κ1) is 28.1. The molecule has 0 aliphatic carbocycles. The molecule has 3 aromatic heterocycles. The minimum Gasteiger partial charge on any atom is -0.543 e. The topological polar surface area (TPSA) is 196 Å². The third-order valence-electron chi connectivity index (χ3n) is 6.53. The van der Waals surface area contributed by atoms with Crippen LogP contribution in [0.25, 0.3) is 5.65 Å². The van der Waals surface area contributed by atoms with Gasteiger partial charge >= 0.3 is 5.97 Å². The molecule has 5 heterocycles. The van der Waals surface area contributed by atoms with Crippen LogP contribution < -0.4 is 20.7 Å². The number of aliphatic carboxylic acids is 2. The summed E-state index contributed by atoms with van der Waals surface area (Å²) < 4.78 is 3.76. The van der Waals surface area contributed by atoms with Gasteiger partial charge in [0.15, 0.2) is 10.8 Å². The lowest BCUT2D eigenvalue weighted by Crippen LogP contribution is -2.71. The molecule has 3 atom stereocenters. The van der Waals surface area contributed by atoms with Crippen molar-refractivity contribution in [1.82, 2.24) is 19.6 Å². The van der Waals surface area contributed by atoms with Crippen LogP contribution in [0.3, 0.4) is 0 Å². The third-order valence-corrected chi connectivity index (χ3v) is 8.55. The Bertz CT molecular complexity index is 1600. The number of thioether (sulfide) groups is 1. The number of nitrogen functional groups attached to an aromatic ring is 1. The lowest BCUT2D eigenvalue weighted by atomic mass is 10.0. The largest absolute Gasteiger partial charge is 0.543 e. The number of hydrogen-bond donors (Lipinski definition) is 3. The van der Waals surface area contributed by atoms with Gasteiger partial charge in [0, 0.05) is 22.8 Å². The van der Waals surface area contributed by atoms with Gasteiger partial charge in [-0.25, -0.2) is 18.7 Å². The standard InChI is InChI=1S/C25H25N7O7S2/c1-2-5-15(23(35)36)39-29-17(14-12-41-25(26)27-14)20(33)28-18-21(34)32-19(24(37)38)13(11-40-22(18)32)10-31-9-8-30-7-4-3-6-16(30)31/h3-4,6-9,12,15,18,22H,2,5,10-11H2,1H3,(H4-,26,27,28,33,35,36,37,38)/b29-17-/t15?,18-,22-/m1/s1. The Labute approximate surface area is 241 Å². The maximum absolute atomic E-state index is 13.3. The first-order valence-corrected chi connectivity index (χ1v) is 14.4. The summed E-state index contributed by atoms with van der Waals surface area (Å²) in [6.45, 7) is 2.00. The molecule has 2 aliphatic rings. The van der Waals surface area contributed by atoms with Gasteiger partial charge in [0.1, 0.15) is 36.0 Å². The van der Waals surface area contributed by atoms with Crippen LogP contribution in [0.4, 0.5) is 5.13 Å². The number of β-lactam (4-membered cyclic amide) rings is 1. The summed E-state index contributed by atoms with van der Waals surface area (Å²) in [7, 11) is 0. The summed E-state index contributed by atoms with van der Waals surface area (Å²) in [6, 6.07) is 4.56. The SMILES string of the molecule is CCCC(O/N=C(\C(=O)N[C@@H]1C(=O)N2C(C(=O)[O-])=C(C[n+]3ccn4ccccc43)CS[C@H]12)c1csc(N)n1)C(=O)O. The van der Waals surface area contributed by atoms with E-state index in [1.807, 2.05) is 45.8 Å². The van der Waals surface area contributed by atoms with E-state index in [0.717, 1.165) is 21.9 Å². The van der Waals surface area contributed by atoms with Gasteiger partial charge in [-0.05, 0) is 12.5 Å². The molecule has 0 saturated carbocycles. The van der Waals surface area contributed by atoms with Gasteiger partial charge in [-0.2, -0.15) is 0 Å². The fourth-order valence-corrected chi connectivity index (χ4v) is 6.47. The van der Waals surface area contributed by atoms with Crippen molar-refractivity contribution >= 4 is 63.3 Å². The van der Waals surface area contributed by atoms with E-state index < -0.39 is 41.3 Å². The monoisotopic (exact) mass is 599 g/mol. The number of carbonyl (C=O) groups is 4. The molecule has 3 aromatic rings. The Morgan fingerprint density at radius 2 is 2.17 bits per heavy atom. The van der Waals surface area contributed by atoms with Crippen molar-refractivity contribution in [2.45, 2.75) is 43.8 Å². The second-order valence-corrected chi connectivity index (χ2v) is 11.2. The Kier molecular flexibility index (Phi) is 7.94. The number of pyridine rings is 1. The molecule has 0 aromatic carbocycles. The molecular weight excluding hydrogens is 574 g/mol. The number of hydrogen-bond acceptors (Lipinski definition) is 11. The predicted octanol–water partition coefficient (Wildman–Crippen LogP) is -0.656. The van der Waals surface area contributed by atoms with E-state index >= 15 is 0 Å². The van der Waals surface area contributed by atoms with Gasteiger partial charge in [0.2, 0.25) is 6.10 Å². The number of aromatic nitrogens is 3. The van der Waals surface area contributed by atoms with Crippen molar-refractivity contribution in [1.29, 1.82) is 0 Å². The van der Waals surface area contributed by atoms with Gasteiger partial charge < -0.3 is 30.9 Å². The molecule has 5 rings (SSSR count). The number of rotatable bonds is 11. The van der Waals surface area contributed by atoms with Crippen LogP contribution in [0.5, 0.6) is 0 Å². The minimum absolute atomic E-state index is 0.0417. The Balaban J connectivity index is 1.36. The van der Waals surface area contributed by atoms with Crippen molar-refractivity contribution in [2.24, 2.45) is 5.16 Å². The highest BCUT2D eigenvalue weighted by Gasteiger charge is 2.53. The average Bonchev–Trinajstić information content (AvgIpc) is 3.56. The van der Waals surface area contributed by atoms with E-state index in [2.05, 4.69) is 15.5 Å². The van der Waals surface area contributed by atoms with E-state index in [4.69, 9.17) is 10.6 Å². The quantitative estimate of drug-likeness (QED) is 0.110. The number of oxime groups is 1. The lowest BCUT2D eigenvalue weighted by molar-refractivity contribution is -0.662. The zero-order chi connectivity index (χ0) is 29.3. The molecule has 2 aliphatic heterocycles. The second-order valence-electron chi connectivity index (χ2n) is 9.22. The number of carbonyl (C=O) groups excluding carboxylic acids is 3. The van der Waals surface area contributed by atoms with Crippen molar-refractivity contribution in [2.75, 3.05) is 11.5 Å². The van der Waals surface area contributed by atoms with Crippen molar-refractivity contribution < 1.29 is 38.8 Å². The van der Waals surface area contributed by atoms with E-state index in [1.165, 1.54) is 17.1 Å². The summed E-state index contributed by atoms with van der Waals surface area (Å²) >= 11 is 2.34. The molecule has 214 valence electrons. The number of nitrogens with two attached hydrogens (primary N) is 1. The first-order chi connectivity index (χ1) is 19.7. The Hall–Kier alpha value is -4.44. The highest BCUT2D eigenvalue weighted by molar-refractivity contribution is 8.00. The van der Waals surface area contributed by atoms with E-state index in [1.54, 1.807) is 6.92 Å². The van der Waals surface area contributed by atoms with Crippen LogP contribution in [-0.2, 0) is 30.6 Å². The molecule has 1 unspecified atom stereocenters. The van der Waals surface area contributed by atoms with E-state index in [-0.39, 0.29) is 41.0 Å². The highest BCUT2D eigenvalue weighted by atomic mass is 32.2. The number of carboxylic acids is 2. The van der Waals surface area contributed by atoms with Crippen LogP contribution in [0.2, 0.25) is 0 Å². The molecule has 0 spiro atoms. The van der Waals surface area contributed by atoms with E-state index in [0.29, 0.717) is 12.0 Å². The summed E-state index contributed by atoms with van der Waals surface area (Å²) in [6.07, 6.45) is 4.88. The molecule has 1 saturated heterocycles. The summed E-state index contributed by atoms with van der Waals surface area (Å²) in [5, 5.41) is 28.8. The zero-order valence-corrected chi connectivity index (χ0v) is 23.3. The molecule has 4 N–H and O–H groups in total. The van der Waals surface area contributed by atoms with Gasteiger partial charge in [-0.1, -0.05) is 24.6 Å².